The van der Waals surface area contributed by atoms with Crippen LogP contribution in [0.25, 0.3) is 0 Å². The van der Waals surface area contributed by atoms with Crippen LogP contribution >= 0.6 is 0 Å². The minimum Gasteiger partial charge on any atom is -0.481 e. The van der Waals surface area contributed by atoms with Gasteiger partial charge in [0.25, 0.3) is 0 Å². The van der Waals surface area contributed by atoms with E-state index in [1.54, 1.807) is 0 Å². The van der Waals surface area contributed by atoms with E-state index in [1.807, 2.05) is 5.32 Å². The summed E-state index contributed by atoms with van der Waals surface area (Å²) in [4.78, 5) is 32.5. The first-order chi connectivity index (χ1) is 8.88. The molecule has 0 aromatic heterocycles. The summed E-state index contributed by atoms with van der Waals surface area (Å²) < 4.78 is 12.8. The van der Waals surface area contributed by atoms with Gasteiger partial charge in [0.2, 0.25) is 0 Å². The normalized spacial score (nSPS) is 11.4. The Kier molecular flexibility index (Phi) is 4.81. The van der Waals surface area contributed by atoms with Crippen molar-refractivity contribution < 1.29 is 29.0 Å². The first-order valence-corrected chi connectivity index (χ1v) is 5.16. The van der Waals surface area contributed by atoms with Crippen molar-refractivity contribution in [3.8, 4) is 0 Å². The minimum absolute atomic E-state index is 0.122. The van der Waals surface area contributed by atoms with Crippen molar-refractivity contribution in [2.24, 2.45) is 0 Å². The number of carboxylic acid groups (broad SMARTS) is 2. The molecule has 19 heavy (non-hydrogen) atoms. The molecule has 0 unspecified atom stereocenters. The highest BCUT2D eigenvalue weighted by molar-refractivity contribution is 5.93. The summed E-state index contributed by atoms with van der Waals surface area (Å²) >= 11 is 0. The van der Waals surface area contributed by atoms with Gasteiger partial charge in [0.15, 0.2) is 0 Å². The molecule has 0 radical (unpaired) electrons. The maximum atomic E-state index is 12.8. The number of amides is 2. The van der Waals surface area contributed by atoms with E-state index >= 15 is 0 Å². The fourth-order valence-corrected chi connectivity index (χ4v) is 1.27. The highest BCUT2D eigenvalue weighted by atomic mass is 19.1. The lowest BCUT2D eigenvalue weighted by molar-refractivity contribution is -0.145. The third-order valence-corrected chi connectivity index (χ3v) is 2.06. The molecular formula is C11H11FN2O5. The van der Waals surface area contributed by atoms with Crippen LogP contribution in [-0.2, 0) is 9.59 Å². The molecule has 1 aromatic rings. The lowest BCUT2D eigenvalue weighted by Crippen LogP contribution is -2.44. The maximum Gasteiger partial charge on any atom is 0.326 e. The van der Waals surface area contributed by atoms with Crippen molar-refractivity contribution in [2.75, 3.05) is 5.32 Å². The predicted molar refractivity (Wildman–Crippen MR) is 62.2 cm³/mol. The number of hydrogen-bond acceptors (Lipinski definition) is 3. The molecule has 0 aliphatic carbocycles. The summed E-state index contributed by atoms with van der Waals surface area (Å²) in [6, 6.07) is 2.47. The zero-order valence-electron chi connectivity index (χ0n) is 9.59. The Bertz CT molecular complexity index is 506. The van der Waals surface area contributed by atoms with Gasteiger partial charge in [0, 0.05) is 5.69 Å². The second kappa shape index (κ2) is 6.34. The van der Waals surface area contributed by atoms with Crippen LogP contribution in [0.1, 0.15) is 6.42 Å². The van der Waals surface area contributed by atoms with E-state index in [1.165, 1.54) is 18.2 Å². The minimum atomic E-state index is -1.56. The molecule has 8 heteroatoms. The molecule has 0 aliphatic heterocycles. The van der Waals surface area contributed by atoms with Crippen molar-refractivity contribution in [1.82, 2.24) is 5.32 Å². The fourth-order valence-electron chi connectivity index (χ4n) is 1.27. The lowest BCUT2D eigenvalue weighted by atomic mass is 10.2. The summed E-state index contributed by atoms with van der Waals surface area (Å²) in [5, 5.41) is 21.4. The van der Waals surface area contributed by atoms with Crippen LogP contribution in [0.2, 0.25) is 0 Å². The fraction of sp³-hybridized carbons (Fsp3) is 0.182. The Morgan fingerprint density at radius 1 is 1.26 bits per heavy atom. The smallest absolute Gasteiger partial charge is 0.326 e. The molecule has 0 saturated heterocycles. The number of carbonyl (C=O) groups excluding carboxylic acids is 1. The van der Waals surface area contributed by atoms with Crippen molar-refractivity contribution in [2.45, 2.75) is 12.5 Å². The third kappa shape index (κ3) is 5.02. The number of rotatable bonds is 5. The number of aliphatic carboxylic acids is 2. The summed E-state index contributed by atoms with van der Waals surface area (Å²) in [7, 11) is 0. The summed E-state index contributed by atoms with van der Waals surface area (Å²) in [5.74, 6) is -3.41. The Labute approximate surface area is 107 Å². The number of hydrogen-bond donors (Lipinski definition) is 4. The van der Waals surface area contributed by atoms with Gasteiger partial charge in [-0.3, -0.25) is 4.79 Å². The Morgan fingerprint density at radius 3 is 2.47 bits per heavy atom. The number of halogens is 1. The van der Waals surface area contributed by atoms with E-state index in [0.717, 1.165) is 6.07 Å². The number of nitrogens with one attached hydrogen (secondary N) is 2. The number of urea groups is 1. The average Bonchev–Trinajstić information content (AvgIpc) is 2.27. The van der Waals surface area contributed by atoms with E-state index in [2.05, 4.69) is 5.32 Å². The van der Waals surface area contributed by atoms with Gasteiger partial charge >= 0.3 is 18.0 Å². The topological polar surface area (TPSA) is 116 Å². The summed E-state index contributed by atoms with van der Waals surface area (Å²) in [5.41, 5.74) is 0.122. The number of benzene rings is 1. The molecule has 102 valence electrons. The predicted octanol–water partition coefficient (Wildman–Crippen LogP) is 0.875. The molecule has 4 N–H and O–H groups in total. The zero-order chi connectivity index (χ0) is 14.4. The van der Waals surface area contributed by atoms with Crippen molar-refractivity contribution in [3.05, 3.63) is 30.1 Å². The highest BCUT2D eigenvalue weighted by Crippen LogP contribution is 2.08. The monoisotopic (exact) mass is 270 g/mol. The Balaban J connectivity index is 2.62. The van der Waals surface area contributed by atoms with E-state index in [-0.39, 0.29) is 5.69 Å². The number of anilines is 1. The molecule has 0 bridgehead atoms. The first kappa shape index (κ1) is 14.4. The van der Waals surface area contributed by atoms with Gasteiger partial charge < -0.3 is 20.8 Å². The number of carbonyl (C=O) groups is 3. The molecule has 0 aliphatic rings. The molecule has 0 heterocycles. The molecule has 0 fully saturated rings. The van der Waals surface area contributed by atoms with Gasteiger partial charge in [-0.25, -0.2) is 14.0 Å². The van der Waals surface area contributed by atoms with Crippen LogP contribution in [0.5, 0.6) is 0 Å². The summed E-state index contributed by atoms with van der Waals surface area (Å²) in [6.07, 6.45) is -0.758. The first-order valence-electron chi connectivity index (χ1n) is 5.16. The van der Waals surface area contributed by atoms with Crippen LogP contribution in [0.15, 0.2) is 24.3 Å². The maximum absolute atomic E-state index is 12.8. The van der Waals surface area contributed by atoms with Crippen LogP contribution in [0.4, 0.5) is 14.9 Å². The molecule has 1 atom stereocenters. The average molecular weight is 270 g/mol. The second-order valence-electron chi connectivity index (χ2n) is 3.60. The molecule has 0 spiro atoms. The molecular weight excluding hydrogens is 259 g/mol. The Morgan fingerprint density at radius 2 is 1.95 bits per heavy atom. The largest absolute Gasteiger partial charge is 0.481 e. The van der Waals surface area contributed by atoms with E-state index in [9.17, 15) is 18.8 Å². The number of carboxylic acids is 2. The van der Waals surface area contributed by atoms with Crippen molar-refractivity contribution in [3.63, 3.8) is 0 Å². The molecule has 7 nitrogen and oxygen atoms in total. The molecule has 1 aromatic carbocycles. The lowest BCUT2D eigenvalue weighted by Gasteiger charge is -2.13. The van der Waals surface area contributed by atoms with Gasteiger partial charge in [0.1, 0.15) is 11.9 Å². The van der Waals surface area contributed by atoms with Crippen molar-refractivity contribution in [1.29, 1.82) is 0 Å². The molecule has 1 rings (SSSR count). The highest BCUT2D eigenvalue weighted by Gasteiger charge is 2.22. The van der Waals surface area contributed by atoms with Gasteiger partial charge in [-0.15, -0.1) is 0 Å². The van der Waals surface area contributed by atoms with Gasteiger partial charge in [0.05, 0.1) is 6.42 Å². The quantitative estimate of drug-likeness (QED) is 0.633. The van der Waals surface area contributed by atoms with E-state index < -0.39 is 36.2 Å². The van der Waals surface area contributed by atoms with Gasteiger partial charge in [-0.1, -0.05) is 6.07 Å². The zero-order valence-corrected chi connectivity index (χ0v) is 9.59. The van der Waals surface area contributed by atoms with E-state index in [0.29, 0.717) is 0 Å². The summed E-state index contributed by atoms with van der Waals surface area (Å²) in [6.45, 7) is 0. The molecule has 2 amide bonds. The standard InChI is InChI=1S/C11H11FN2O5/c12-6-2-1-3-7(4-6)13-11(19)14-8(10(17)18)5-9(15)16/h1-4,8H,5H2,(H,15,16)(H,17,18)(H2,13,14,19)/t8-/m0/s1. The molecule has 0 saturated carbocycles. The van der Waals surface area contributed by atoms with Crippen molar-refractivity contribution >= 4 is 23.7 Å². The van der Waals surface area contributed by atoms with Crippen LogP contribution in [-0.4, -0.2) is 34.2 Å². The van der Waals surface area contributed by atoms with Crippen LogP contribution < -0.4 is 10.6 Å². The van der Waals surface area contributed by atoms with Gasteiger partial charge in [-0.2, -0.15) is 0 Å². The SMILES string of the molecule is O=C(O)C[C@H](NC(=O)Nc1cccc(F)c1)C(=O)O. The van der Waals surface area contributed by atoms with Gasteiger partial charge in [-0.05, 0) is 18.2 Å². The van der Waals surface area contributed by atoms with Crippen LogP contribution in [0.3, 0.4) is 0 Å². The van der Waals surface area contributed by atoms with E-state index in [4.69, 9.17) is 10.2 Å². The Hall–Kier alpha value is -2.64. The second-order valence-corrected chi connectivity index (χ2v) is 3.60. The third-order valence-electron chi connectivity index (χ3n) is 2.06. The van der Waals surface area contributed by atoms with Crippen LogP contribution in [0, 0.1) is 5.82 Å².